The topological polar surface area (TPSA) is 63.2 Å². The number of morpholine rings is 1. The average Bonchev–Trinajstić information content (AvgIpc) is 2.54. The van der Waals surface area contributed by atoms with E-state index in [0.29, 0.717) is 26.3 Å². The van der Waals surface area contributed by atoms with Crippen molar-refractivity contribution in [2.45, 2.75) is 19.2 Å². The zero-order valence-electron chi connectivity index (χ0n) is 13.2. The monoisotopic (exact) mass is 377 g/mol. The van der Waals surface area contributed by atoms with Gasteiger partial charge in [-0.25, -0.2) is 10.2 Å². The number of hydrogen-bond donors (Lipinski definition) is 1. The minimum absolute atomic E-state index is 0.0430. The van der Waals surface area contributed by atoms with E-state index in [-0.39, 0.29) is 22.0 Å². The average molecular weight is 378 g/mol. The number of halogens is 4. The fourth-order valence-corrected chi connectivity index (χ4v) is 3.15. The van der Waals surface area contributed by atoms with Gasteiger partial charge in [0.15, 0.2) is 0 Å². The molecule has 1 atom stereocenters. The number of hydrazone groups is 1. The maximum Gasteiger partial charge on any atom is 0.428 e. The van der Waals surface area contributed by atoms with Crippen LogP contribution in [0.5, 0.6) is 0 Å². The number of anilines is 1. The summed E-state index contributed by atoms with van der Waals surface area (Å²) >= 11 is 6.20. The molecular formula is C15H15ClF3N3O3. The van der Waals surface area contributed by atoms with E-state index in [4.69, 9.17) is 21.1 Å². The molecular weight excluding hydrogens is 363 g/mol. The molecule has 2 heterocycles. The van der Waals surface area contributed by atoms with Crippen LogP contribution < -0.4 is 10.3 Å². The summed E-state index contributed by atoms with van der Waals surface area (Å²) in [5.74, 6) is 0. The largest absolute Gasteiger partial charge is 0.439 e. The van der Waals surface area contributed by atoms with Crippen molar-refractivity contribution in [1.82, 2.24) is 5.43 Å². The summed E-state index contributed by atoms with van der Waals surface area (Å²) in [6.45, 7) is 2.82. The van der Waals surface area contributed by atoms with Crippen LogP contribution in [0, 0.1) is 0 Å². The molecule has 1 N–H and O–H groups in total. The van der Waals surface area contributed by atoms with Crippen LogP contribution in [0.2, 0.25) is 5.02 Å². The molecule has 6 nitrogen and oxygen atoms in total. The Morgan fingerprint density at radius 3 is 2.60 bits per heavy atom. The van der Waals surface area contributed by atoms with Crippen molar-refractivity contribution in [2.75, 3.05) is 31.2 Å². The van der Waals surface area contributed by atoms with Crippen LogP contribution in [-0.4, -0.2) is 44.2 Å². The fourth-order valence-electron chi connectivity index (χ4n) is 2.81. The summed E-state index contributed by atoms with van der Waals surface area (Å²) in [7, 11) is 0. The lowest BCUT2D eigenvalue weighted by Crippen LogP contribution is -2.38. The highest BCUT2D eigenvalue weighted by atomic mass is 35.5. The molecule has 2 aliphatic heterocycles. The van der Waals surface area contributed by atoms with Gasteiger partial charge < -0.3 is 14.4 Å². The Kier molecular flexibility index (Phi) is 4.79. The van der Waals surface area contributed by atoms with Gasteiger partial charge in [0, 0.05) is 18.7 Å². The number of amides is 1. The Bertz CT molecular complexity index is 718. The number of benzene rings is 1. The number of alkyl halides is 3. The predicted octanol–water partition coefficient (Wildman–Crippen LogP) is 3.03. The second-order valence-electron chi connectivity index (χ2n) is 5.61. The normalized spacial score (nSPS) is 21.5. The number of carbonyl (C=O) groups is 1. The number of cyclic esters (lactones) is 1. The van der Waals surface area contributed by atoms with Crippen LogP contribution in [0.4, 0.5) is 23.7 Å². The number of carbonyl (C=O) groups excluding carboxylic acids is 1. The predicted molar refractivity (Wildman–Crippen MR) is 85.1 cm³/mol. The Hall–Kier alpha value is -2.00. The minimum Gasteiger partial charge on any atom is -0.439 e. The number of nitrogens with one attached hydrogen (secondary N) is 1. The third kappa shape index (κ3) is 3.67. The Balaban J connectivity index is 2.08. The summed E-state index contributed by atoms with van der Waals surface area (Å²) in [6, 6.07) is 2.38. The van der Waals surface area contributed by atoms with E-state index in [1.807, 2.05) is 0 Å². The van der Waals surface area contributed by atoms with Crippen LogP contribution in [0.15, 0.2) is 17.2 Å². The molecule has 1 amide bonds. The third-order valence-electron chi connectivity index (χ3n) is 3.93. The molecule has 3 rings (SSSR count). The molecule has 1 aromatic rings. The number of hydrogen-bond acceptors (Lipinski definition) is 5. The summed E-state index contributed by atoms with van der Waals surface area (Å²) in [5, 5.41) is 3.76. The van der Waals surface area contributed by atoms with Gasteiger partial charge in [0.05, 0.1) is 29.5 Å². The van der Waals surface area contributed by atoms with Gasteiger partial charge in [0.25, 0.3) is 0 Å². The maximum atomic E-state index is 13.6. The highest BCUT2D eigenvalue weighted by molar-refractivity contribution is 6.34. The highest BCUT2D eigenvalue weighted by Crippen LogP contribution is 2.42. The molecule has 10 heteroatoms. The van der Waals surface area contributed by atoms with Gasteiger partial charge in [-0.1, -0.05) is 11.6 Å². The van der Waals surface area contributed by atoms with Gasteiger partial charge in [0.1, 0.15) is 11.8 Å². The quantitative estimate of drug-likeness (QED) is 0.860. The lowest BCUT2D eigenvalue weighted by atomic mass is 10.0. The molecule has 0 aromatic heterocycles. The van der Waals surface area contributed by atoms with E-state index in [9.17, 15) is 18.0 Å². The molecule has 0 spiro atoms. The molecule has 25 heavy (non-hydrogen) atoms. The van der Waals surface area contributed by atoms with Crippen LogP contribution in [-0.2, 0) is 15.7 Å². The molecule has 2 aliphatic rings. The van der Waals surface area contributed by atoms with Gasteiger partial charge in [-0.05, 0) is 19.1 Å². The molecule has 136 valence electrons. The molecule has 1 fully saturated rings. The van der Waals surface area contributed by atoms with Crippen LogP contribution in [0.25, 0.3) is 0 Å². The standard InChI is InChI=1S/C15H15ClF3N3O3/c1-8-12(20-21-14(23)25-8)9-6-10(15(17,18)19)13(11(16)7-9)22-2-4-24-5-3-22/h6-8H,2-5H2,1H3,(H,21,23)/t8-/m0/s1. The lowest BCUT2D eigenvalue weighted by molar-refractivity contribution is -0.137. The summed E-state index contributed by atoms with van der Waals surface area (Å²) in [6.07, 6.45) is -6.15. The van der Waals surface area contributed by atoms with E-state index in [1.54, 1.807) is 4.90 Å². The SMILES string of the molecule is C[C@@H]1OC(=O)NN=C1c1cc(Cl)c(N2CCOCC2)c(C(F)(F)F)c1. The van der Waals surface area contributed by atoms with Gasteiger partial charge in [-0.3, -0.25) is 0 Å². The number of nitrogens with zero attached hydrogens (tertiary/aromatic N) is 2. The van der Waals surface area contributed by atoms with Gasteiger partial charge in [-0.2, -0.15) is 18.3 Å². The molecule has 0 bridgehead atoms. The molecule has 0 unspecified atom stereocenters. The first-order valence-corrected chi connectivity index (χ1v) is 7.93. The summed E-state index contributed by atoms with van der Waals surface area (Å²) in [4.78, 5) is 12.7. The van der Waals surface area contributed by atoms with Crippen LogP contribution >= 0.6 is 11.6 Å². The molecule has 0 radical (unpaired) electrons. The van der Waals surface area contributed by atoms with Crippen molar-refractivity contribution in [3.05, 3.63) is 28.3 Å². The van der Waals surface area contributed by atoms with E-state index < -0.39 is 23.9 Å². The van der Waals surface area contributed by atoms with Crippen LogP contribution in [0.1, 0.15) is 18.1 Å². The minimum atomic E-state index is -4.60. The van der Waals surface area contributed by atoms with E-state index in [2.05, 4.69) is 10.5 Å². The fraction of sp³-hybridized carbons (Fsp3) is 0.467. The lowest BCUT2D eigenvalue weighted by Gasteiger charge is -2.32. The van der Waals surface area contributed by atoms with Crippen molar-refractivity contribution in [1.29, 1.82) is 0 Å². The zero-order valence-corrected chi connectivity index (χ0v) is 13.9. The third-order valence-corrected chi connectivity index (χ3v) is 4.22. The van der Waals surface area contributed by atoms with Crippen molar-refractivity contribution in [3.63, 3.8) is 0 Å². The van der Waals surface area contributed by atoms with Crippen molar-refractivity contribution in [3.8, 4) is 0 Å². The molecule has 0 saturated carbocycles. The Morgan fingerprint density at radius 2 is 2.00 bits per heavy atom. The maximum absolute atomic E-state index is 13.6. The first-order valence-electron chi connectivity index (χ1n) is 7.55. The summed E-state index contributed by atoms with van der Waals surface area (Å²) < 4.78 is 51.0. The summed E-state index contributed by atoms with van der Waals surface area (Å²) in [5.41, 5.74) is 1.47. The van der Waals surface area contributed by atoms with Crippen LogP contribution in [0.3, 0.4) is 0 Å². The number of rotatable bonds is 2. The molecule has 0 aliphatic carbocycles. The van der Waals surface area contributed by atoms with Crippen molar-refractivity contribution >= 4 is 29.1 Å². The Morgan fingerprint density at radius 1 is 1.32 bits per heavy atom. The smallest absolute Gasteiger partial charge is 0.428 e. The highest BCUT2D eigenvalue weighted by Gasteiger charge is 2.38. The first kappa shape index (κ1) is 17.8. The van der Waals surface area contributed by atoms with Gasteiger partial charge >= 0.3 is 12.3 Å². The van der Waals surface area contributed by atoms with Crippen molar-refractivity contribution < 1.29 is 27.4 Å². The van der Waals surface area contributed by atoms with E-state index in [0.717, 1.165) is 6.07 Å². The van der Waals surface area contributed by atoms with Gasteiger partial charge in [0.2, 0.25) is 0 Å². The second kappa shape index (κ2) is 6.72. The van der Waals surface area contributed by atoms with E-state index >= 15 is 0 Å². The molecule has 1 aromatic carbocycles. The first-order chi connectivity index (χ1) is 11.8. The number of ether oxygens (including phenoxy) is 2. The van der Waals surface area contributed by atoms with E-state index in [1.165, 1.54) is 13.0 Å². The second-order valence-corrected chi connectivity index (χ2v) is 6.02. The molecule has 1 saturated heterocycles. The van der Waals surface area contributed by atoms with Crippen molar-refractivity contribution in [2.24, 2.45) is 5.10 Å². The van der Waals surface area contributed by atoms with Gasteiger partial charge in [-0.15, -0.1) is 0 Å². The Labute approximate surface area is 146 Å². The zero-order chi connectivity index (χ0) is 18.2.